The third-order valence-electron chi connectivity index (χ3n) is 5.44. The fourth-order valence-corrected chi connectivity index (χ4v) is 4.59. The van der Waals surface area contributed by atoms with Gasteiger partial charge in [-0.1, -0.05) is 25.3 Å². The maximum Gasteiger partial charge on any atom is 0.327 e. The van der Waals surface area contributed by atoms with E-state index < -0.39 is 5.54 Å². The molecule has 136 valence electrons. The molecule has 0 radical (unpaired) electrons. The summed E-state index contributed by atoms with van der Waals surface area (Å²) in [5.74, 6) is -0.376. The highest BCUT2D eigenvalue weighted by molar-refractivity contribution is 7.09. The van der Waals surface area contributed by atoms with Crippen LogP contribution in [0.25, 0.3) is 0 Å². The first-order chi connectivity index (χ1) is 12.0. The third-order valence-corrected chi connectivity index (χ3v) is 6.30. The van der Waals surface area contributed by atoms with Crippen molar-refractivity contribution in [3.8, 4) is 0 Å². The molecule has 0 N–H and O–H groups in total. The van der Waals surface area contributed by atoms with Gasteiger partial charge >= 0.3 is 6.03 Å². The molecule has 25 heavy (non-hydrogen) atoms. The van der Waals surface area contributed by atoms with Crippen molar-refractivity contribution in [1.29, 1.82) is 0 Å². The van der Waals surface area contributed by atoms with Crippen molar-refractivity contribution in [2.75, 3.05) is 20.1 Å². The summed E-state index contributed by atoms with van der Waals surface area (Å²) in [6.45, 7) is 2.81. The van der Waals surface area contributed by atoms with Crippen LogP contribution in [0.5, 0.6) is 0 Å². The van der Waals surface area contributed by atoms with E-state index in [1.54, 1.807) is 28.2 Å². The van der Waals surface area contributed by atoms with Crippen molar-refractivity contribution < 1.29 is 14.4 Å². The number of rotatable bonds is 5. The Kier molecular flexibility index (Phi) is 5.13. The molecule has 0 bridgehead atoms. The van der Waals surface area contributed by atoms with Crippen LogP contribution in [0, 0.1) is 0 Å². The van der Waals surface area contributed by atoms with Gasteiger partial charge in [0.25, 0.3) is 5.91 Å². The highest BCUT2D eigenvalue weighted by atomic mass is 32.1. The third kappa shape index (κ3) is 3.17. The highest BCUT2D eigenvalue weighted by Gasteiger charge is 2.55. The van der Waals surface area contributed by atoms with Crippen LogP contribution in [-0.4, -0.2) is 58.2 Å². The number of nitrogens with zero attached hydrogens (tertiary/aromatic N) is 3. The summed E-state index contributed by atoms with van der Waals surface area (Å²) in [5, 5.41) is 1.98. The lowest BCUT2D eigenvalue weighted by Gasteiger charge is -2.35. The average molecular weight is 363 g/mol. The molecule has 2 fully saturated rings. The Morgan fingerprint density at radius 3 is 2.60 bits per heavy atom. The quantitative estimate of drug-likeness (QED) is 0.756. The molecule has 2 aliphatic rings. The first kappa shape index (κ1) is 17.9. The molecule has 1 aromatic heterocycles. The van der Waals surface area contributed by atoms with Crippen LogP contribution in [0.2, 0.25) is 0 Å². The maximum absolute atomic E-state index is 13.0. The Morgan fingerprint density at radius 1 is 1.28 bits per heavy atom. The Balaban J connectivity index is 1.71. The van der Waals surface area contributed by atoms with E-state index >= 15 is 0 Å². The van der Waals surface area contributed by atoms with Crippen molar-refractivity contribution in [3.05, 3.63) is 22.4 Å². The Hall–Kier alpha value is -1.89. The molecule has 0 atom stereocenters. The van der Waals surface area contributed by atoms with Crippen molar-refractivity contribution in [1.82, 2.24) is 14.7 Å². The number of hydrogen-bond acceptors (Lipinski definition) is 4. The van der Waals surface area contributed by atoms with E-state index in [1.807, 2.05) is 24.4 Å². The molecule has 2 heterocycles. The van der Waals surface area contributed by atoms with Crippen molar-refractivity contribution >= 4 is 29.2 Å². The molecule has 0 unspecified atom stereocenters. The molecule has 0 aromatic carbocycles. The van der Waals surface area contributed by atoms with Crippen LogP contribution in [0.15, 0.2) is 17.5 Å². The number of carbonyl (C=O) groups excluding carboxylic acids is 3. The number of amides is 4. The summed E-state index contributed by atoms with van der Waals surface area (Å²) in [7, 11) is 1.69. The van der Waals surface area contributed by atoms with Gasteiger partial charge in [-0.05, 0) is 31.2 Å². The minimum Gasteiger partial charge on any atom is -0.336 e. The summed E-state index contributed by atoms with van der Waals surface area (Å²) >= 11 is 1.60. The molecule has 6 nitrogen and oxygen atoms in total. The average Bonchev–Trinajstić information content (AvgIpc) is 3.20. The summed E-state index contributed by atoms with van der Waals surface area (Å²) in [5.41, 5.74) is -0.722. The summed E-state index contributed by atoms with van der Waals surface area (Å²) in [4.78, 5) is 43.8. The molecule has 1 aliphatic heterocycles. The Bertz CT molecular complexity index is 653. The normalized spacial score (nSPS) is 19.8. The van der Waals surface area contributed by atoms with Crippen molar-refractivity contribution in [2.24, 2.45) is 0 Å². The Labute approximate surface area is 152 Å². The highest BCUT2D eigenvalue weighted by Crippen LogP contribution is 2.39. The van der Waals surface area contributed by atoms with E-state index in [-0.39, 0.29) is 24.4 Å². The molecular weight excluding hydrogens is 338 g/mol. The summed E-state index contributed by atoms with van der Waals surface area (Å²) in [6, 6.07) is 3.60. The molecular formula is C18H25N3O3S. The van der Waals surface area contributed by atoms with E-state index in [0.29, 0.717) is 25.9 Å². The van der Waals surface area contributed by atoms with E-state index in [2.05, 4.69) is 0 Å². The fourth-order valence-electron chi connectivity index (χ4n) is 3.87. The molecule has 1 aliphatic carbocycles. The van der Waals surface area contributed by atoms with Crippen LogP contribution >= 0.6 is 11.3 Å². The lowest BCUT2D eigenvalue weighted by atomic mass is 9.81. The van der Waals surface area contributed by atoms with Crippen LogP contribution < -0.4 is 0 Å². The van der Waals surface area contributed by atoms with Crippen LogP contribution in [0.1, 0.15) is 43.9 Å². The van der Waals surface area contributed by atoms with Gasteiger partial charge in [0.2, 0.25) is 5.91 Å². The number of imide groups is 1. The van der Waals surface area contributed by atoms with Gasteiger partial charge < -0.3 is 9.80 Å². The molecule has 1 spiro atoms. The topological polar surface area (TPSA) is 60.9 Å². The second kappa shape index (κ2) is 7.15. The smallest absolute Gasteiger partial charge is 0.327 e. The number of likely N-dealkylation sites (N-methyl/N-ethyl adjacent to an activating group) is 2. The Morgan fingerprint density at radius 2 is 2.00 bits per heavy atom. The predicted octanol–water partition coefficient (Wildman–Crippen LogP) is 2.69. The van der Waals surface area contributed by atoms with Gasteiger partial charge in [-0.3, -0.25) is 14.5 Å². The molecule has 3 rings (SSSR count). The molecule has 1 saturated heterocycles. The number of hydrogen-bond donors (Lipinski definition) is 0. The lowest BCUT2D eigenvalue weighted by molar-refractivity contribution is -0.140. The zero-order valence-electron chi connectivity index (χ0n) is 14.9. The van der Waals surface area contributed by atoms with Crippen molar-refractivity contribution in [3.63, 3.8) is 0 Å². The van der Waals surface area contributed by atoms with Gasteiger partial charge in [0, 0.05) is 18.5 Å². The van der Waals surface area contributed by atoms with Gasteiger partial charge in [0.15, 0.2) is 0 Å². The minimum atomic E-state index is -0.722. The monoisotopic (exact) mass is 363 g/mol. The van der Waals surface area contributed by atoms with Gasteiger partial charge in [0.1, 0.15) is 12.1 Å². The van der Waals surface area contributed by atoms with E-state index in [1.165, 1.54) is 0 Å². The predicted molar refractivity (Wildman–Crippen MR) is 96.1 cm³/mol. The maximum atomic E-state index is 13.0. The number of carbonyl (C=O) groups is 3. The molecule has 4 amide bonds. The molecule has 7 heteroatoms. The van der Waals surface area contributed by atoms with E-state index in [9.17, 15) is 14.4 Å². The summed E-state index contributed by atoms with van der Waals surface area (Å²) in [6.07, 6.45) is 4.40. The zero-order valence-corrected chi connectivity index (χ0v) is 15.7. The number of urea groups is 1. The second-order valence-electron chi connectivity index (χ2n) is 6.81. The van der Waals surface area contributed by atoms with Crippen molar-refractivity contribution in [2.45, 2.75) is 51.1 Å². The largest absolute Gasteiger partial charge is 0.336 e. The first-order valence-electron chi connectivity index (χ1n) is 8.89. The van der Waals surface area contributed by atoms with Crippen LogP contribution in [0.4, 0.5) is 4.79 Å². The van der Waals surface area contributed by atoms with Crippen LogP contribution in [0.3, 0.4) is 0 Å². The minimum absolute atomic E-state index is 0.164. The lowest BCUT2D eigenvalue weighted by Crippen LogP contribution is -2.49. The van der Waals surface area contributed by atoms with E-state index in [4.69, 9.17) is 0 Å². The SMILES string of the molecule is CCN(Cc1cccs1)C(=O)CN1C(=O)N(C)C2(CCCCC2)C1=O. The van der Waals surface area contributed by atoms with Gasteiger partial charge in [-0.2, -0.15) is 0 Å². The van der Waals surface area contributed by atoms with E-state index in [0.717, 1.165) is 29.0 Å². The first-order valence-corrected chi connectivity index (χ1v) is 9.77. The fraction of sp³-hybridized carbons (Fsp3) is 0.611. The molecule has 1 saturated carbocycles. The van der Waals surface area contributed by atoms with Gasteiger partial charge in [-0.15, -0.1) is 11.3 Å². The van der Waals surface area contributed by atoms with Gasteiger partial charge in [-0.25, -0.2) is 4.79 Å². The number of thiophene rings is 1. The molecule has 1 aromatic rings. The zero-order chi connectivity index (χ0) is 18.0. The second-order valence-corrected chi connectivity index (χ2v) is 7.84. The summed E-state index contributed by atoms with van der Waals surface area (Å²) < 4.78 is 0. The van der Waals surface area contributed by atoms with Gasteiger partial charge in [0.05, 0.1) is 6.54 Å². The standard InChI is InChI=1S/C18H25N3O3S/c1-3-20(12-14-8-7-11-25-14)15(22)13-21-16(23)18(19(2)17(21)24)9-5-4-6-10-18/h7-8,11H,3-6,9-10,12-13H2,1-2H3. The van der Waals surface area contributed by atoms with Crippen LogP contribution in [-0.2, 0) is 16.1 Å².